The molecule has 1 aliphatic heterocycles. The number of hydrogen-bond acceptors (Lipinski definition) is 6. The van der Waals surface area contributed by atoms with Crippen LogP contribution in [0.15, 0.2) is 36.5 Å². The molecule has 3 N–H and O–H groups in total. The molecule has 2 heterocycles. The van der Waals surface area contributed by atoms with Crippen molar-refractivity contribution >= 4 is 29.1 Å². The molecule has 8 nitrogen and oxygen atoms in total. The first-order valence-electron chi connectivity index (χ1n) is 10.1. The molecule has 12 heteroatoms. The topological polar surface area (TPSA) is 107 Å². The molecule has 2 aromatic rings. The molecule has 176 valence electrons. The van der Waals surface area contributed by atoms with Crippen molar-refractivity contribution in [2.45, 2.75) is 37.6 Å². The Labute approximate surface area is 185 Å². The number of benzene rings is 1. The summed E-state index contributed by atoms with van der Waals surface area (Å²) in [5, 5.41) is 2.62. The molecule has 1 spiro atoms. The molecule has 1 aromatic heterocycles. The van der Waals surface area contributed by atoms with E-state index in [1.807, 2.05) is 0 Å². The summed E-state index contributed by atoms with van der Waals surface area (Å²) in [5.74, 6) is -2.02. The van der Waals surface area contributed by atoms with Gasteiger partial charge in [-0.25, -0.2) is 9.78 Å². The third-order valence-corrected chi connectivity index (χ3v) is 5.78. The van der Waals surface area contributed by atoms with E-state index < -0.39 is 35.7 Å². The molecule has 0 atom stereocenters. The lowest BCUT2D eigenvalue weighted by molar-refractivity contribution is -0.274. The van der Waals surface area contributed by atoms with Crippen LogP contribution in [0.2, 0.25) is 0 Å². The third-order valence-electron chi connectivity index (χ3n) is 5.78. The van der Waals surface area contributed by atoms with Crippen LogP contribution in [0.4, 0.5) is 39.4 Å². The average Bonchev–Trinajstić information content (AvgIpc) is 3.05. The van der Waals surface area contributed by atoms with E-state index in [0.29, 0.717) is 25.7 Å². The van der Waals surface area contributed by atoms with E-state index in [4.69, 9.17) is 10.5 Å². The molecule has 2 aliphatic rings. The predicted octanol–water partition coefficient (Wildman–Crippen LogP) is 4.23. The highest BCUT2D eigenvalue weighted by atomic mass is 19.4. The molecule has 0 unspecified atom stereocenters. The first-order valence-corrected chi connectivity index (χ1v) is 10.1. The first kappa shape index (κ1) is 22.6. The Hall–Kier alpha value is -3.57. The lowest BCUT2D eigenvalue weighted by atomic mass is 9.78. The molecule has 4 rings (SSSR count). The first-order chi connectivity index (χ1) is 15.6. The molecular formula is C21H20F4N4O4. The van der Waals surface area contributed by atoms with Crippen molar-refractivity contribution < 1.29 is 36.6 Å². The minimum Gasteiger partial charge on any atom is -0.441 e. The maximum atomic E-state index is 14.0. The average molecular weight is 468 g/mol. The van der Waals surface area contributed by atoms with Gasteiger partial charge in [0.15, 0.2) is 0 Å². The number of aromatic nitrogens is 1. The van der Waals surface area contributed by atoms with E-state index in [-0.39, 0.29) is 29.5 Å². The van der Waals surface area contributed by atoms with Gasteiger partial charge in [0, 0.05) is 18.2 Å². The van der Waals surface area contributed by atoms with Gasteiger partial charge in [-0.15, -0.1) is 13.2 Å². The van der Waals surface area contributed by atoms with Gasteiger partial charge in [0.25, 0.3) is 0 Å². The van der Waals surface area contributed by atoms with Crippen molar-refractivity contribution in [1.82, 2.24) is 4.98 Å². The van der Waals surface area contributed by atoms with Crippen molar-refractivity contribution in [1.29, 1.82) is 0 Å². The number of nitrogens with one attached hydrogen (secondary N) is 1. The van der Waals surface area contributed by atoms with Crippen LogP contribution in [0.3, 0.4) is 0 Å². The Morgan fingerprint density at radius 3 is 2.64 bits per heavy atom. The summed E-state index contributed by atoms with van der Waals surface area (Å²) in [4.78, 5) is 29.8. The lowest BCUT2D eigenvalue weighted by Gasteiger charge is -2.34. The molecule has 1 saturated carbocycles. The van der Waals surface area contributed by atoms with Gasteiger partial charge in [-0.05, 0) is 49.9 Å². The predicted molar refractivity (Wildman–Crippen MR) is 109 cm³/mol. The summed E-state index contributed by atoms with van der Waals surface area (Å²) in [6.45, 7) is 0.149. The zero-order valence-corrected chi connectivity index (χ0v) is 17.2. The Bertz CT molecular complexity index is 1070. The number of ether oxygens (including phenoxy) is 2. The van der Waals surface area contributed by atoms with Crippen LogP contribution >= 0.6 is 0 Å². The fourth-order valence-corrected chi connectivity index (χ4v) is 4.14. The van der Waals surface area contributed by atoms with Gasteiger partial charge in [-0.1, -0.05) is 0 Å². The highest BCUT2D eigenvalue weighted by Gasteiger charge is 2.49. The molecule has 0 radical (unpaired) electrons. The summed E-state index contributed by atoms with van der Waals surface area (Å²) in [7, 11) is 0. The standard InChI is InChI=1S/C21H20F4N4O4/c22-17-16(2-1-9-27-17)29-11-20(33-19(29)31)7-5-12(6-8-20)18(30)28-15-4-3-13(10-14(15)26)32-21(23,24)25/h1-4,9-10,12H,5-8,11,26H2,(H,28,30). The number of pyridine rings is 1. The van der Waals surface area contributed by atoms with Gasteiger partial charge in [0.2, 0.25) is 11.9 Å². The third kappa shape index (κ3) is 4.94. The Morgan fingerprint density at radius 2 is 2.00 bits per heavy atom. The van der Waals surface area contributed by atoms with Gasteiger partial charge in [-0.2, -0.15) is 4.39 Å². The normalized spacial score (nSPS) is 22.8. The number of rotatable bonds is 4. The van der Waals surface area contributed by atoms with Crippen LogP contribution in [0.1, 0.15) is 25.7 Å². The highest BCUT2D eigenvalue weighted by Crippen LogP contribution is 2.41. The number of amides is 2. The van der Waals surface area contributed by atoms with Gasteiger partial charge >= 0.3 is 12.5 Å². The number of nitrogen functional groups attached to an aromatic ring is 1. The van der Waals surface area contributed by atoms with E-state index in [9.17, 15) is 27.2 Å². The second kappa shape index (κ2) is 8.41. The van der Waals surface area contributed by atoms with Crippen LogP contribution in [-0.2, 0) is 9.53 Å². The molecule has 1 saturated heterocycles. The summed E-state index contributed by atoms with van der Waals surface area (Å²) in [6.07, 6.45) is -2.65. The van der Waals surface area contributed by atoms with Gasteiger partial charge in [0.05, 0.1) is 17.9 Å². The van der Waals surface area contributed by atoms with Crippen LogP contribution in [0.25, 0.3) is 0 Å². The maximum absolute atomic E-state index is 14.0. The second-order valence-electron chi connectivity index (χ2n) is 8.01. The van der Waals surface area contributed by atoms with Crippen molar-refractivity contribution in [3.8, 4) is 5.75 Å². The number of nitrogens with zero attached hydrogens (tertiary/aromatic N) is 2. The lowest BCUT2D eigenvalue weighted by Crippen LogP contribution is -2.41. The molecule has 2 fully saturated rings. The monoisotopic (exact) mass is 468 g/mol. The van der Waals surface area contributed by atoms with Crippen molar-refractivity contribution in [3.63, 3.8) is 0 Å². The van der Waals surface area contributed by atoms with Gasteiger partial charge in [-0.3, -0.25) is 9.69 Å². The van der Waals surface area contributed by atoms with Crippen molar-refractivity contribution in [3.05, 3.63) is 42.5 Å². The number of nitrogens with two attached hydrogens (primary N) is 1. The van der Waals surface area contributed by atoms with Crippen molar-refractivity contribution in [2.24, 2.45) is 5.92 Å². The zero-order chi connectivity index (χ0) is 23.8. The number of hydrogen-bond donors (Lipinski definition) is 2. The molecular weight excluding hydrogens is 448 g/mol. The summed E-state index contributed by atoms with van der Waals surface area (Å²) >= 11 is 0. The van der Waals surface area contributed by atoms with E-state index >= 15 is 0 Å². The van der Waals surface area contributed by atoms with E-state index in [2.05, 4.69) is 15.0 Å². The second-order valence-corrected chi connectivity index (χ2v) is 8.01. The minimum atomic E-state index is -4.85. The highest BCUT2D eigenvalue weighted by molar-refractivity contribution is 5.95. The Balaban J connectivity index is 1.36. The minimum absolute atomic E-state index is 0.0349. The van der Waals surface area contributed by atoms with E-state index in [0.717, 1.165) is 12.1 Å². The SMILES string of the molecule is Nc1cc(OC(F)(F)F)ccc1NC(=O)C1CCC2(CC1)CN(c1cccnc1F)C(=O)O2. The quantitative estimate of drug-likeness (QED) is 0.395. The number of alkyl halides is 3. The van der Waals surface area contributed by atoms with E-state index in [1.165, 1.54) is 29.3 Å². The molecule has 2 amide bonds. The van der Waals surface area contributed by atoms with Crippen LogP contribution < -0.4 is 20.7 Å². The van der Waals surface area contributed by atoms with Crippen molar-refractivity contribution in [2.75, 3.05) is 22.5 Å². The zero-order valence-electron chi connectivity index (χ0n) is 17.2. The Kier molecular flexibility index (Phi) is 5.76. The molecule has 0 bridgehead atoms. The van der Waals surface area contributed by atoms with Crippen LogP contribution in [-0.4, -0.2) is 35.5 Å². The summed E-state index contributed by atoms with van der Waals surface area (Å²) < 4.78 is 60.3. The largest absolute Gasteiger partial charge is 0.573 e. The number of halogens is 4. The fraction of sp³-hybridized carbons (Fsp3) is 0.381. The smallest absolute Gasteiger partial charge is 0.441 e. The molecule has 33 heavy (non-hydrogen) atoms. The van der Waals surface area contributed by atoms with Gasteiger partial charge < -0.3 is 20.5 Å². The number of carbonyl (C=O) groups excluding carboxylic acids is 2. The summed E-state index contributed by atoms with van der Waals surface area (Å²) in [5.41, 5.74) is 5.05. The van der Waals surface area contributed by atoms with Crippen LogP contribution in [0.5, 0.6) is 5.75 Å². The number of anilines is 3. The van der Waals surface area contributed by atoms with Crippen LogP contribution in [0, 0.1) is 11.9 Å². The van der Waals surface area contributed by atoms with Gasteiger partial charge in [0.1, 0.15) is 17.0 Å². The van der Waals surface area contributed by atoms with E-state index in [1.54, 1.807) is 0 Å². The number of carbonyl (C=O) groups is 2. The summed E-state index contributed by atoms with van der Waals surface area (Å²) in [6, 6.07) is 6.22. The Morgan fingerprint density at radius 1 is 1.27 bits per heavy atom. The fourth-order valence-electron chi connectivity index (χ4n) is 4.14. The maximum Gasteiger partial charge on any atom is 0.573 e. The molecule has 1 aliphatic carbocycles. The molecule has 1 aromatic carbocycles.